The highest BCUT2D eigenvalue weighted by Gasteiger charge is 2.27. The SMILES string of the molecule is c1ccc(-c2ccc(-c3ccccc3)c(C3=NN=[N+](c4cccc(-c5ccccn5)c4)C3)c2)cc1. The molecule has 0 radical (unpaired) electrons. The molecule has 0 saturated heterocycles. The Hall–Kier alpha value is -4.70. The first-order chi connectivity index (χ1) is 17.3. The van der Waals surface area contributed by atoms with Crippen molar-refractivity contribution in [2.45, 2.75) is 0 Å². The number of rotatable bonds is 5. The van der Waals surface area contributed by atoms with Crippen molar-refractivity contribution in [2.75, 3.05) is 6.54 Å². The van der Waals surface area contributed by atoms with Gasteiger partial charge in [0.15, 0.2) is 12.2 Å². The molecule has 0 spiro atoms. The second-order valence-corrected chi connectivity index (χ2v) is 8.45. The molecular formula is C31H23N4+. The van der Waals surface area contributed by atoms with E-state index >= 15 is 0 Å². The molecule has 4 heteroatoms. The molecule has 0 N–H and O–H groups in total. The van der Waals surface area contributed by atoms with Crippen LogP contribution >= 0.6 is 0 Å². The lowest BCUT2D eigenvalue weighted by molar-refractivity contribution is -0.492. The molecule has 0 aliphatic carbocycles. The Balaban J connectivity index is 1.36. The Morgan fingerprint density at radius 3 is 2.06 bits per heavy atom. The van der Waals surface area contributed by atoms with Crippen LogP contribution in [0, 0.1) is 0 Å². The van der Waals surface area contributed by atoms with Crippen molar-refractivity contribution >= 4 is 11.4 Å². The Bertz CT molecular complexity index is 1540. The van der Waals surface area contributed by atoms with E-state index in [-0.39, 0.29) is 0 Å². The minimum atomic E-state index is 0.601. The third kappa shape index (κ3) is 4.30. The van der Waals surface area contributed by atoms with Crippen LogP contribution < -0.4 is 0 Å². The van der Waals surface area contributed by atoms with Crippen molar-refractivity contribution in [3.05, 3.63) is 133 Å². The normalized spacial score (nSPS) is 12.8. The van der Waals surface area contributed by atoms with Crippen LogP contribution in [-0.4, -0.2) is 21.9 Å². The van der Waals surface area contributed by atoms with E-state index in [1.54, 1.807) is 0 Å². The standard InChI is InChI=1S/C31H23N4/c1-3-10-23(11-4-1)25-17-18-28(24-12-5-2-6-13-24)29(21-25)31-22-35(34-33-31)27-15-9-14-26(20-27)30-16-7-8-19-32-30/h1-21H,22H2/q+1. The second kappa shape index (κ2) is 9.27. The Morgan fingerprint density at radius 1 is 0.543 bits per heavy atom. The van der Waals surface area contributed by atoms with E-state index in [1.165, 1.54) is 16.7 Å². The fourth-order valence-electron chi connectivity index (χ4n) is 4.42. The second-order valence-electron chi connectivity index (χ2n) is 8.45. The van der Waals surface area contributed by atoms with Crippen LogP contribution in [0.25, 0.3) is 33.5 Å². The Labute approximate surface area is 204 Å². The maximum Gasteiger partial charge on any atom is 0.232 e. The quantitative estimate of drug-likeness (QED) is 0.254. The van der Waals surface area contributed by atoms with Gasteiger partial charge in [0.25, 0.3) is 0 Å². The monoisotopic (exact) mass is 451 g/mol. The lowest BCUT2D eigenvalue weighted by Crippen LogP contribution is -2.13. The number of benzene rings is 4. The van der Waals surface area contributed by atoms with Gasteiger partial charge < -0.3 is 0 Å². The van der Waals surface area contributed by atoms with E-state index in [0.717, 1.165) is 33.8 Å². The van der Waals surface area contributed by atoms with Gasteiger partial charge in [-0.25, -0.2) is 0 Å². The first kappa shape index (κ1) is 20.9. The van der Waals surface area contributed by atoms with E-state index in [2.05, 4.69) is 100 Å². The van der Waals surface area contributed by atoms with E-state index in [4.69, 9.17) is 0 Å². The molecule has 5 aromatic rings. The molecule has 0 unspecified atom stereocenters. The average Bonchev–Trinajstić information content (AvgIpc) is 3.45. The third-order valence-corrected chi connectivity index (χ3v) is 6.20. The number of nitrogens with zero attached hydrogens (tertiary/aromatic N) is 4. The maximum absolute atomic E-state index is 4.64. The summed E-state index contributed by atoms with van der Waals surface area (Å²) in [5, 5.41) is 9.18. The van der Waals surface area contributed by atoms with E-state index in [0.29, 0.717) is 6.54 Å². The van der Waals surface area contributed by atoms with Gasteiger partial charge in [-0.1, -0.05) is 91.0 Å². The first-order valence-electron chi connectivity index (χ1n) is 11.7. The molecule has 0 fully saturated rings. The summed E-state index contributed by atoms with van der Waals surface area (Å²) < 4.78 is 1.95. The molecule has 1 aliphatic rings. The van der Waals surface area contributed by atoms with Crippen LogP contribution in [0.4, 0.5) is 5.69 Å². The minimum absolute atomic E-state index is 0.601. The molecule has 1 aromatic heterocycles. The number of pyridine rings is 1. The lowest BCUT2D eigenvalue weighted by atomic mass is 9.92. The number of hydrogen-bond acceptors (Lipinski definition) is 3. The van der Waals surface area contributed by atoms with Crippen LogP contribution in [0.15, 0.2) is 138 Å². The first-order valence-corrected chi connectivity index (χ1v) is 11.7. The fraction of sp³-hybridized carbons (Fsp3) is 0.0323. The highest BCUT2D eigenvalue weighted by molar-refractivity contribution is 6.08. The van der Waals surface area contributed by atoms with Crippen LogP contribution in [0.3, 0.4) is 0 Å². The van der Waals surface area contributed by atoms with Crippen molar-refractivity contribution in [1.29, 1.82) is 0 Å². The highest BCUT2D eigenvalue weighted by atomic mass is 15.5. The molecule has 1 aliphatic heterocycles. The summed E-state index contributed by atoms with van der Waals surface area (Å²) in [6, 6.07) is 41.8. The summed E-state index contributed by atoms with van der Waals surface area (Å²) in [7, 11) is 0. The Kier molecular flexibility index (Phi) is 5.53. The molecule has 0 amide bonds. The molecule has 35 heavy (non-hydrogen) atoms. The predicted octanol–water partition coefficient (Wildman–Crippen LogP) is 7.60. The van der Waals surface area contributed by atoms with Gasteiger partial charge in [-0.3, -0.25) is 4.98 Å². The zero-order valence-corrected chi connectivity index (χ0v) is 19.1. The molecule has 0 atom stereocenters. The predicted molar refractivity (Wildman–Crippen MR) is 141 cm³/mol. The van der Waals surface area contributed by atoms with E-state index in [1.807, 2.05) is 47.3 Å². The zero-order chi connectivity index (χ0) is 23.5. The molecular weight excluding hydrogens is 428 g/mol. The molecule has 0 bridgehead atoms. The highest BCUT2D eigenvalue weighted by Crippen LogP contribution is 2.31. The minimum Gasteiger partial charge on any atom is -0.256 e. The average molecular weight is 452 g/mol. The third-order valence-electron chi connectivity index (χ3n) is 6.20. The van der Waals surface area contributed by atoms with Gasteiger partial charge in [-0.2, -0.15) is 0 Å². The molecule has 2 heterocycles. The largest absolute Gasteiger partial charge is 0.256 e. The van der Waals surface area contributed by atoms with Gasteiger partial charge in [0, 0.05) is 17.3 Å². The zero-order valence-electron chi connectivity index (χ0n) is 19.1. The van der Waals surface area contributed by atoms with Gasteiger partial charge in [-0.15, -0.1) is 4.70 Å². The van der Waals surface area contributed by atoms with Gasteiger partial charge >= 0.3 is 0 Å². The van der Waals surface area contributed by atoms with E-state index in [9.17, 15) is 0 Å². The summed E-state index contributed by atoms with van der Waals surface area (Å²) in [6.45, 7) is 0.601. The molecule has 0 saturated carbocycles. The summed E-state index contributed by atoms with van der Waals surface area (Å²) >= 11 is 0. The van der Waals surface area contributed by atoms with Crippen LogP contribution in [-0.2, 0) is 0 Å². The lowest BCUT2D eigenvalue weighted by Gasteiger charge is -2.11. The number of aromatic nitrogens is 1. The van der Waals surface area contributed by atoms with Crippen molar-refractivity contribution < 1.29 is 4.70 Å². The van der Waals surface area contributed by atoms with E-state index < -0.39 is 0 Å². The number of hydrogen-bond donors (Lipinski definition) is 0. The van der Waals surface area contributed by atoms with Crippen molar-refractivity contribution in [3.8, 4) is 33.5 Å². The van der Waals surface area contributed by atoms with Crippen LogP contribution in [0.1, 0.15) is 5.56 Å². The molecule has 4 nitrogen and oxygen atoms in total. The van der Waals surface area contributed by atoms with Gasteiger partial charge in [0.1, 0.15) is 5.22 Å². The van der Waals surface area contributed by atoms with Crippen molar-refractivity contribution in [1.82, 2.24) is 4.98 Å². The fourth-order valence-corrected chi connectivity index (χ4v) is 4.42. The topological polar surface area (TPSA) is 40.6 Å². The van der Waals surface area contributed by atoms with Crippen LogP contribution in [0.5, 0.6) is 0 Å². The summed E-state index contributed by atoms with van der Waals surface area (Å²) in [5.74, 6) is 0. The summed E-state index contributed by atoms with van der Waals surface area (Å²) in [4.78, 5) is 4.49. The van der Waals surface area contributed by atoms with Gasteiger partial charge in [0.2, 0.25) is 5.71 Å². The molecule has 6 rings (SSSR count). The smallest absolute Gasteiger partial charge is 0.232 e. The summed E-state index contributed by atoms with van der Waals surface area (Å²) in [5.41, 5.74) is 9.72. The maximum atomic E-state index is 4.64. The van der Waals surface area contributed by atoms with Gasteiger partial charge in [0.05, 0.1) is 10.8 Å². The summed E-state index contributed by atoms with van der Waals surface area (Å²) in [6.07, 6.45) is 1.81. The molecule has 4 aromatic carbocycles. The van der Waals surface area contributed by atoms with Gasteiger partial charge in [-0.05, 0) is 52.6 Å². The van der Waals surface area contributed by atoms with Crippen LogP contribution in [0.2, 0.25) is 0 Å². The Morgan fingerprint density at radius 2 is 1.29 bits per heavy atom. The van der Waals surface area contributed by atoms with Crippen molar-refractivity contribution in [2.24, 2.45) is 10.3 Å². The van der Waals surface area contributed by atoms with Crippen molar-refractivity contribution in [3.63, 3.8) is 0 Å². The molecule has 166 valence electrons.